The zero-order chi connectivity index (χ0) is 22.0. The molecule has 6 rings (SSSR count). The van der Waals surface area contributed by atoms with Crippen molar-refractivity contribution in [1.29, 1.82) is 0 Å². The van der Waals surface area contributed by atoms with Crippen molar-refractivity contribution < 1.29 is 4.79 Å². The van der Waals surface area contributed by atoms with Crippen LogP contribution in [0.25, 0.3) is 16.0 Å². The summed E-state index contributed by atoms with van der Waals surface area (Å²) in [6.45, 7) is 8.80. The number of hydrogen-bond donors (Lipinski definition) is 0. The van der Waals surface area contributed by atoms with Crippen LogP contribution >= 0.6 is 11.3 Å². The number of rotatable bonds is 3. The molecule has 0 aromatic carbocycles. The molecule has 2 fully saturated rings. The van der Waals surface area contributed by atoms with Gasteiger partial charge < -0.3 is 9.80 Å². The molecule has 1 aliphatic heterocycles. The molecule has 10 heteroatoms. The van der Waals surface area contributed by atoms with E-state index in [0.29, 0.717) is 24.8 Å². The van der Waals surface area contributed by atoms with Crippen LogP contribution in [-0.4, -0.2) is 66.5 Å². The predicted molar refractivity (Wildman–Crippen MR) is 122 cm³/mol. The van der Waals surface area contributed by atoms with Gasteiger partial charge in [0.25, 0.3) is 11.7 Å². The maximum atomic E-state index is 13.4. The van der Waals surface area contributed by atoms with Crippen LogP contribution in [0.15, 0.2) is 12.4 Å². The summed E-state index contributed by atoms with van der Waals surface area (Å²) in [6, 6.07) is 2.02. The molecule has 1 amide bonds. The molecule has 1 saturated heterocycles. The molecule has 0 radical (unpaired) electrons. The second kappa shape index (κ2) is 7.19. The van der Waals surface area contributed by atoms with Gasteiger partial charge in [0.05, 0.1) is 10.6 Å². The number of carbonyl (C=O) groups is 1. The molecule has 0 atom stereocenters. The fraction of sp³-hybridized carbons (Fsp3) is 0.455. The first kappa shape index (κ1) is 19.5. The number of carbonyl (C=O) groups excluding carboxylic acids is 1. The van der Waals surface area contributed by atoms with Gasteiger partial charge >= 0.3 is 0 Å². The average Bonchev–Trinajstić information content (AvgIpc) is 3.44. The largest absolute Gasteiger partial charge is 0.353 e. The highest BCUT2D eigenvalue weighted by molar-refractivity contribution is 7.20. The van der Waals surface area contributed by atoms with E-state index in [9.17, 15) is 4.79 Å². The van der Waals surface area contributed by atoms with Gasteiger partial charge in [-0.1, -0.05) is 0 Å². The van der Waals surface area contributed by atoms with Gasteiger partial charge in [-0.05, 0) is 39.2 Å². The molecule has 9 nitrogen and oxygen atoms in total. The number of fused-ring (bicyclic) bond motifs is 2. The number of aromatic nitrogens is 6. The molecule has 0 bridgehead atoms. The van der Waals surface area contributed by atoms with E-state index >= 15 is 0 Å². The highest BCUT2D eigenvalue weighted by atomic mass is 32.1. The van der Waals surface area contributed by atoms with E-state index in [1.807, 2.05) is 31.7 Å². The monoisotopic (exact) mass is 448 g/mol. The Hall–Kier alpha value is -3.14. The summed E-state index contributed by atoms with van der Waals surface area (Å²) in [7, 11) is 0. The smallest absolute Gasteiger partial charge is 0.264 e. The Kier molecular flexibility index (Phi) is 4.39. The fourth-order valence-electron chi connectivity index (χ4n) is 4.51. The molecule has 0 unspecified atom stereocenters. The van der Waals surface area contributed by atoms with E-state index in [2.05, 4.69) is 20.0 Å². The second-order valence-corrected chi connectivity index (χ2v) is 9.68. The van der Waals surface area contributed by atoms with Gasteiger partial charge in [-0.15, -0.1) is 11.3 Å². The van der Waals surface area contributed by atoms with Gasteiger partial charge in [-0.2, -0.15) is 14.6 Å². The van der Waals surface area contributed by atoms with Crippen LogP contribution in [0.4, 0.5) is 5.82 Å². The van der Waals surface area contributed by atoms with Crippen LogP contribution in [0.3, 0.4) is 0 Å². The Balaban J connectivity index is 1.24. The van der Waals surface area contributed by atoms with Crippen molar-refractivity contribution in [3.63, 3.8) is 0 Å². The summed E-state index contributed by atoms with van der Waals surface area (Å²) in [6.07, 6.45) is 3.86. The third kappa shape index (κ3) is 3.12. The average molecular weight is 449 g/mol. The normalized spacial score (nSPS) is 17.0. The SMILES string of the molecule is Cc1cc(N2CCN(C(=O)c3sc4nc(C5CC5)nc(C)c4c3C)CC2)n2ncnc2n1. The number of anilines is 1. The van der Waals surface area contributed by atoms with Crippen molar-refractivity contribution >= 4 is 39.1 Å². The van der Waals surface area contributed by atoms with Gasteiger partial charge in [-0.25, -0.2) is 15.0 Å². The third-order valence-corrected chi connectivity index (χ3v) is 7.55. The number of thiophene rings is 1. The van der Waals surface area contributed by atoms with Crippen molar-refractivity contribution in [2.24, 2.45) is 0 Å². The van der Waals surface area contributed by atoms with Crippen LogP contribution in [0.2, 0.25) is 0 Å². The summed E-state index contributed by atoms with van der Waals surface area (Å²) in [5.41, 5.74) is 2.90. The molecular formula is C22H24N8OS. The van der Waals surface area contributed by atoms with E-state index < -0.39 is 0 Å². The quantitative estimate of drug-likeness (QED) is 0.476. The second-order valence-electron chi connectivity index (χ2n) is 8.68. The minimum Gasteiger partial charge on any atom is -0.353 e. The summed E-state index contributed by atoms with van der Waals surface area (Å²) >= 11 is 1.51. The number of aryl methyl sites for hydroxylation is 3. The third-order valence-electron chi connectivity index (χ3n) is 6.38. The van der Waals surface area contributed by atoms with E-state index in [-0.39, 0.29) is 5.91 Å². The van der Waals surface area contributed by atoms with Crippen LogP contribution in [0.1, 0.15) is 51.2 Å². The van der Waals surface area contributed by atoms with Crippen LogP contribution in [0, 0.1) is 20.8 Å². The molecule has 4 aromatic rings. The lowest BCUT2D eigenvalue weighted by Crippen LogP contribution is -2.49. The lowest BCUT2D eigenvalue weighted by Gasteiger charge is -2.35. The Labute approximate surface area is 189 Å². The molecule has 0 spiro atoms. The zero-order valence-corrected chi connectivity index (χ0v) is 19.2. The zero-order valence-electron chi connectivity index (χ0n) is 18.4. The molecule has 1 saturated carbocycles. The summed E-state index contributed by atoms with van der Waals surface area (Å²) < 4.78 is 1.76. The molecule has 2 aliphatic rings. The highest BCUT2D eigenvalue weighted by Gasteiger charge is 2.30. The molecule has 4 aromatic heterocycles. The Morgan fingerprint density at radius 3 is 2.59 bits per heavy atom. The molecular weight excluding hydrogens is 424 g/mol. The number of hydrogen-bond acceptors (Lipinski definition) is 8. The molecule has 0 N–H and O–H groups in total. The lowest BCUT2D eigenvalue weighted by atomic mass is 10.1. The molecule has 32 heavy (non-hydrogen) atoms. The summed E-state index contributed by atoms with van der Waals surface area (Å²) in [5.74, 6) is 3.10. The predicted octanol–water partition coefficient (Wildman–Crippen LogP) is 2.89. The van der Waals surface area contributed by atoms with Crippen molar-refractivity contribution in [3.05, 3.63) is 40.0 Å². The van der Waals surface area contributed by atoms with Gasteiger partial charge in [-0.3, -0.25) is 4.79 Å². The van der Waals surface area contributed by atoms with Crippen molar-refractivity contribution in [2.75, 3.05) is 31.1 Å². The van der Waals surface area contributed by atoms with Gasteiger partial charge in [0, 0.05) is 49.2 Å². The first-order valence-corrected chi connectivity index (χ1v) is 11.8. The molecule has 1 aliphatic carbocycles. The van der Waals surface area contributed by atoms with E-state index in [1.165, 1.54) is 30.5 Å². The van der Waals surface area contributed by atoms with E-state index in [1.54, 1.807) is 4.52 Å². The Morgan fingerprint density at radius 1 is 1.06 bits per heavy atom. The highest BCUT2D eigenvalue weighted by Crippen LogP contribution is 2.40. The first-order valence-electron chi connectivity index (χ1n) is 11.0. The van der Waals surface area contributed by atoms with Crippen LogP contribution in [-0.2, 0) is 0 Å². The number of nitrogens with zero attached hydrogens (tertiary/aromatic N) is 8. The van der Waals surface area contributed by atoms with Crippen LogP contribution in [0.5, 0.6) is 0 Å². The van der Waals surface area contributed by atoms with E-state index in [4.69, 9.17) is 9.97 Å². The summed E-state index contributed by atoms with van der Waals surface area (Å²) in [4.78, 5) is 37.5. The molecule has 164 valence electrons. The first-order chi connectivity index (χ1) is 15.5. The number of piperazine rings is 1. The van der Waals surface area contributed by atoms with Crippen molar-refractivity contribution in [2.45, 2.75) is 39.5 Å². The minimum atomic E-state index is 0.0920. The summed E-state index contributed by atoms with van der Waals surface area (Å²) in [5, 5.41) is 5.36. The maximum absolute atomic E-state index is 13.4. The Morgan fingerprint density at radius 2 is 1.84 bits per heavy atom. The van der Waals surface area contributed by atoms with E-state index in [0.717, 1.165) is 56.8 Å². The standard InChI is InChI=1S/C22H24N8OS/c1-12-10-16(30-22(25-12)23-11-24-30)28-6-8-29(9-7-28)21(31)18-13(2)17-14(3)26-19(15-4-5-15)27-20(17)32-18/h10-11,15H,4-9H2,1-3H3. The molecule has 5 heterocycles. The lowest BCUT2D eigenvalue weighted by molar-refractivity contribution is 0.0750. The van der Waals surface area contributed by atoms with Gasteiger partial charge in [0.2, 0.25) is 0 Å². The van der Waals surface area contributed by atoms with Crippen LogP contribution < -0.4 is 4.90 Å². The minimum absolute atomic E-state index is 0.0920. The number of amides is 1. The van der Waals surface area contributed by atoms with Crippen molar-refractivity contribution in [1.82, 2.24) is 34.4 Å². The van der Waals surface area contributed by atoms with Gasteiger partial charge in [0.1, 0.15) is 22.8 Å². The van der Waals surface area contributed by atoms with Gasteiger partial charge in [0.15, 0.2) is 0 Å². The fourth-order valence-corrected chi connectivity index (χ4v) is 5.71. The maximum Gasteiger partial charge on any atom is 0.264 e. The Bertz CT molecular complexity index is 1360. The van der Waals surface area contributed by atoms with Crippen molar-refractivity contribution in [3.8, 4) is 0 Å². The topological polar surface area (TPSA) is 92.4 Å².